The Bertz CT molecular complexity index is 450. The number of nitrogens with two attached hydrogens (primary N) is 1. The summed E-state index contributed by atoms with van der Waals surface area (Å²) in [5, 5.41) is 3.01. The zero-order valence-electron chi connectivity index (χ0n) is 11.5. The highest BCUT2D eigenvalue weighted by atomic mass is 19.1. The lowest BCUT2D eigenvalue weighted by atomic mass is 10.2. The number of ether oxygens (including phenoxy) is 1. The second-order valence-corrected chi connectivity index (χ2v) is 4.27. The minimum Gasteiger partial charge on any atom is -0.491 e. The van der Waals surface area contributed by atoms with E-state index in [0.29, 0.717) is 30.9 Å². The molecule has 3 N–H and O–H groups in total. The van der Waals surface area contributed by atoms with Gasteiger partial charge in [-0.25, -0.2) is 4.39 Å². The number of halogens is 1. The number of hydrogen-bond donors (Lipinski definition) is 2. The molecule has 0 spiro atoms. The van der Waals surface area contributed by atoms with Gasteiger partial charge in [0.15, 0.2) is 11.6 Å². The van der Waals surface area contributed by atoms with Gasteiger partial charge in [0.05, 0.1) is 18.0 Å². The van der Waals surface area contributed by atoms with Gasteiger partial charge in [0.1, 0.15) is 0 Å². The van der Waals surface area contributed by atoms with Crippen LogP contribution in [0.2, 0.25) is 0 Å². The molecule has 1 rings (SSSR count). The van der Waals surface area contributed by atoms with Crippen LogP contribution in [0.4, 0.5) is 15.8 Å². The third-order valence-corrected chi connectivity index (χ3v) is 2.56. The predicted octanol–water partition coefficient (Wildman–Crippen LogP) is 1.70. The molecule has 19 heavy (non-hydrogen) atoms. The van der Waals surface area contributed by atoms with Gasteiger partial charge in [-0.1, -0.05) is 0 Å². The van der Waals surface area contributed by atoms with Crippen molar-refractivity contribution in [1.29, 1.82) is 0 Å². The van der Waals surface area contributed by atoms with Gasteiger partial charge >= 0.3 is 0 Å². The van der Waals surface area contributed by atoms with E-state index in [1.54, 1.807) is 21.0 Å². The van der Waals surface area contributed by atoms with Gasteiger partial charge in [-0.2, -0.15) is 0 Å². The fourth-order valence-corrected chi connectivity index (χ4v) is 1.52. The van der Waals surface area contributed by atoms with Gasteiger partial charge in [-0.15, -0.1) is 0 Å². The van der Waals surface area contributed by atoms with Gasteiger partial charge in [0.2, 0.25) is 5.91 Å². The Labute approximate surface area is 112 Å². The summed E-state index contributed by atoms with van der Waals surface area (Å²) in [4.78, 5) is 12.9. The van der Waals surface area contributed by atoms with Crippen LogP contribution in [-0.2, 0) is 4.79 Å². The van der Waals surface area contributed by atoms with E-state index < -0.39 is 5.82 Å². The summed E-state index contributed by atoms with van der Waals surface area (Å²) in [6, 6.07) is 2.72. The van der Waals surface area contributed by atoms with Crippen molar-refractivity contribution in [3.05, 3.63) is 17.9 Å². The smallest absolute Gasteiger partial charge is 0.223 e. The summed E-state index contributed by atoms with van der Waals surface area (Å²) >= 11 is 0. The van der Waals surface area contributed by atoms with E-state index in [-0.39, 0.29) is 11.7 Å². The molecule has 0 bridgehead atoms. The van der Waals surface area contributed by atoms with Crippen molar-refractivity contribution in [2.24, 2.45) is 0 Å². The second kappa shape index (κ2) is 6.82. The molecule has 0 aromatic heterocycles. The Morgan fingerprint density at radius 3 is 2.74 bits per heavy atom. The maximum Gasteiger partial charge on any atom is 0.223 e. The molecule has 106 valence electrons. The van der Waals surface area contributed by atoms with E-state index in [1.165, 1.54) is 17.0 Å². The van der Waals surface area contributed by atoms with Gasteiger partial charge in [0, 0.05) is 39.2 Å². The molecule has 1 amide bonds. The highest BCUT2D eigenvalue weighted by Gasteiger charge is 2.09. The first-order chi connectivity index (χ1) is 8.95. The molecule has 0 fully saturated rings. The number of carbonyl (C=O) groups is 1. The van der Waals surface area contributed by atoms with Crippen molar-refractivity contribution >= 4 is 17.3 Å². The number of benzene rings is 1. The number of nitrogen functional groups attached to an aromatic ring is 1. The average molecular weight is 269 g/mol. The Morgan fingerprint density at radius 2 is 2.16 bits per heavy atom. The second-order valence-electron chi connectivity index (χ2n) is 4.27. The van der Waals surface area contributed by atoms with Crippen molar-refractivity contribution in [1.82, 2.24) is 4.90 Å². The molecule has 0 aliphatic heterocycles. The van der Waals surface area contributed by atoms with Crippen LogP contribution < -0.4 is 15.8 Å². The molecule has 0 aliphatic rings. The molecule has 0 saturated carbocycles. The van der Waals surface area contributed by atoms with Gasteiger partial charge in [-0.3, -0.25) is 4.79 Å². The summed E-state index contributed by atoms with van der Waals surface area (Å²) in [7, 11) is 3.39. The molecule has 0 radical (unpaired) electrons. The molecule has 0 heterocycles. The lowest BCUT2D eigenvalue weighted by Gasteiger charge is -2.14. The zero-order valence-corrected chi connectivity index (χ0v) is 11.5. The standard InChI is InChI=1S/C13H20FN3O2/c1-4-19-12-8-11(10(15)7-9(12)14)16-6-5-13(18)17(2)3/h7-8,16H,4-6,15H2,1-3H3. The first-order valence-electron chi connectivity index (χ1n) is 6.11. The summed E-state index contributed by atoms with van der Waals surface area (Å²) < 4.78 is 18.6. The number of amides is 1. The number of nitrogens with one attached hydrogen (secondary N) is 1. The summed E-state index contributed by atoms with van der Waals surface area (Å²) in [5.74, 6) is -0.328. The summed E-state index contributed by atoms with van der Waals surface area (Å²) in [6.07, 6.45) is 0.341. The Balaban J connectivity index is 2.67. The van der Waals surface area contributed by atoms with E-state index in [4.69, 9.17) is 10.5 Å². The quantitative estimate of drug-likeness (QED) is 0.771. The van der Waals surface area contributed by atoms with Crippen molar-refractivity contribution in [2.75, 3.05) is 38.3 Å². The molecule has 0 unspecified atom stereocenters. The van der Waals surface area contributed by atoms with Crippen LogP contribution in [0.5, 0.6) is 5.75 Å². The van der Waals surface area contributed by atoms with E-state index in [1.807, 2.05) is 0 Å². The third-order valence-electron chi connectivity index (χ3n) is 2.56. The average Bonchev–Trinajstić information content (AvgIpc) is 2.34. The predicted molar refractivity (Wildman–Crippen MR) is 73.8 cm³/mol. The van der Waals surface area contributed by atoms with E-state index in [0.717, 1.165) is 0 Å². The Morgan fingerprint density at radius 1 is 1.47 bits per heavy atom. The maximum atomic E-state index is 13.5. The van der Waals surface area contributed by atoms with Crippen molar-refractivity contribution in [3.8, 4) is 5.75 Å². The molecule has 0 aliphatic carbocycles. The van der Waals surface area contributed by atoms with Gasteiger partial charge in [-0.05, 0) is 6.92 Å². The lowest BCUT2D eigenvalue weighted by Crippen LogP contribution is -2.24. The largest absolute Gasteiger partial charge is 0.491 e. The van der Waals surface area contributed by atoms with Crippen LogP contribution >= 0.6 is 0 Å². The van der Waals surface area contributed by atoms with Crippen LogP contribution in [0.1, 0.15) is 13.3 Å². The van der Waals surface area contributed by atoms with E-state index in [9.17, 15) is 9.18 Å². The minimum atomic E-state index is -0.491. The fourth-order valence-electron chi connectivity index (χ4n) is 1.52. The van der Waals surface area contributed by atoms with Crippen molar-refractivity contribution < 1.29 is 13.9 Å². The summed E-state index contributed by atoms with van der Waals surface area (Å²) in [6.45, 7) is 2.58. The first-order valence-corrected chi connectivity index (χ1v) is 6.11. The van der Waals surface area contributed by atoms with Crippen LogP contribution in [0.15, 0.2) is 12.1 Å². The SMILES string of the molecule is CCOc1cc(NCCC(=O)N(C)C)c(N)cc1F. The van der Waals surface area contributed by atoms with Gasteiger partial charge < -0.3 is 20.7 Å². The highest BCUT2D eigenvalue weighted by molar-refractivity contribution is 5.76. The summed E-state index contributed by atoms with van der Waals surface area (Å²) in [5.41, 5.74) is 6.57. The number of rotatable bonds is 6. The van der Waals surface area contributed by atoms with Crippen LogP contribution in [0.3, 0.4) is 0 Å². The first kappa shape index (κ1) is 15.1. The van der Waals surface area contributed by atoms with Gasteiger partial charge in [0.25, 0.3) is 0 Å². The number of anilines is 2. The number of nitrogens with zero attached hydrogens (tertiary/aromatic N) is 1. The normalized spacial score (nSPS) is 10.1. The monoisotopic (exact) mass is 269 g/mol. The molecule has 5 nitrogen and oxygen atoms in total. The molecule has 6 heteroatoms. The van der Waals surface area contributed by atoms with E-state index >= 15 is 0 Å². The Kier molecular flexibility index (Phi) is 5.41. The molecule has 0 atom stereocenters. The minimum absolute atomic E-state index is 0.0122. The fraction of sp³-hybridized carbons (Fsp3) is 0.462. The van der Waals surface area contributed by atoms with Crippen LogP contribution in [0.25, 0.3) is 0 Å². The maximum absolute atomic E-state index is 13.5. The molecular formula is C13H20FN3O2. The zero-order chi connectivity index (χ0) is 14.4. The number of hydrogen-bond acceptors (Lipinski definition) is 4. The number of carbonyl (C=O) groups excluding carboxylic acids is 1. The molecule has 1 aromatic carbocycles. The third kappa shape index (κ3) is 4.31. The molecular weight excluding hydrogens is 249 g/mol. The van der Waals surface area contributed by atoms with Crippen LogP contribution in [0, 0.1) is 5.82 Å². The molecule has 1 aromatic rings. The Hall–Kier alpha value is -1.98. The lowest BCUT2D eigenvalue weighted by molar-refractivity contribution is -0.128. The van der Waals surface area contributed by atoms with Crippen molar-refractivity contribution in [3.63, 3.8) is 0 Å². The van der Waals surface area contributed by atoms with Crippen LogP contribution in [-0.4, -0.2) is 38.1 Å². The highest BCUT2D eigenvalue weighted by Crippen LogP contribution is 2.28. The van der Waals surface area contributed by atoms with Crippen molar-refractivity contribution in [2.45, 2.75) is 13.3 Å². The molecule has 0 saturated heterocycles. The topological polar surface area (TPSA) is 67.6 Å². The van der Waals surface area contributed by atoms with E-state index in [2.05, 4.69) is 5.32 Å².